The monoisotopic (exact) mass is 372 g/mol. The van der Waals surface area contributed by atoms with Crippen molar-refractivity contribution in [2.45, 2.75) is 51.9 Å². The van der Waals surface area contributed by atoms with Gasteiger partial charge in [-0.25, -0.2) is 0 Å². The number of piperidine rings is 1. The number of rotatable bonds is 4. The second kappa shape index (κ2) is 8.11. The van der Waals surface area contributed by atoms with Crippen LogP contribution in [0.5, 0.6) is 0 Å². The number of amides is 2. The summed E-state index contributed by atoms with van der Waals surface area (Å²) in [7, 11) is 0. The second-order valence-electron chi connectivity index (χ2n) is 8.10. The number of nitrogens with one attached hydrogen (secondary N) is 1. The molecule has 1 unspecified atom stereocenters. The van der Waals surface area contributed by atoms with E-state index in [9.17, 15) is 19.5 Å². The minimum Gasteiger partial charge on any atom is -0.481 e. The van der Waals surface area contributed by atoms with E-state index >= 15 is 0 Å². The summed E-state index contributed by atoms with van der Waals surface area (Å²) < 4.78 is 0. The molecule has 0 aromatic heterocycles. The van der Waals surface area contributed by atoms with Gasteiger partial charge in [0.05, 0.1) is 5.41 Å². The number of likely N-dealkylation sites (tertiary alicyclic amines) is 1. The highest BCUT2D eigenvalue weighted by molar-refractivity contribution is 5.98. The molecule has 6 nitrogen and oxygen atoms in total. The minimum atomic E-state index is -0.902. The van der Waals surface area contributed by atoms with Crippen LogP contribution >= 0.6 is 0 Å². The lowest BCUT2D eigenvalue weighted by atomic mass is 9.82. The number of nitrogens with zero attached hydrogens (tertiary/aromatic N) is 1. The molecule has 2 N–H and O–H groups in total. The number of aliphatic carboxylic acids is 1. The predicted molar refractivity (Wildman–Crippen MR) is 103 cm³/mol. The van der Waals surface area contributed by atoms with Crippen LogP contribution in [0.2, 0.25) is 0 Å². The second-order valence-corrected chi connectivity index (χ2v) is 8.10. The minimum absolute atomic E-state index is 0.0238. The highest BCUT2D eigenvalue weighted by atomic mass is 16.4. The molecule has 6 heteroatoms. The molecular weight excluding hydrogens is 344 g/mol. The molecular formula is C21H28N2O4. The Bertz CT molecular complexity index is 727. The number of hydrogen-bond acceptors (Lipinski definition) is 3. The maximum atomic E-state index is 12.9. The molecule has 1 atom stereocenters. The topological polar surface area (TPSA) is 86.7 Å². The summed E-state index contributed by atoms with van der Waals surface area (Å²) in [6.07, 6.45) is 6.47. The summed E-state index contributed by atoms with van der Waals surface area (Å²) in [4.78, 5) is 38.4. The SMILES string of the molecule is CC1(C(=O)O)CCCN(C(=O)c2cccc(NC(=O)C3CCCCC3)c2)C1. The molecule has 0 radical (unpaired) electrons. The smallest absolute Gasteiger partial charge is 0.311 e. The molecule has 3 rings (SSSR count). The number of carboxylic acids is 1. The molecule has 1 aromatic carbocycles. The molecule has 0 spiro atoms. The Hall–Kier alpha value is -2.37. The largest absolute Gasteiger partial charge is 0.481 e. The Morgan fingerprint density at radius 2 is 1.89 bits per heavy atom. The van der Waals surface area contributed by atoms with Crippen LogP contribution < -0.4 is 5.32 Å². The zero-order valence-electron chi connectivity index (χ0n) is 15.9. The third-order valence-electron chi connectivity index (χ3n) is 5.85. The van der Waals surface area contributed by atoms with Gasteiger partial charge in [-0.05, 0) is 50.8 Å². The predicted octanol–water partition coefficient (Wildman–Crippen LogP) is 3.53. The van der Waals surface area contributed by atoms with Gasteiger partial charge >= 0.3 is 5.97 Å². The van der Waals surface area contributed by atoms with Gasteiger partial charge < -0.3 is 15.3 Å². The van der Waals surface area contributed by atoms with Gasteiger partial charge in [0.1, 0.15) is 0 Å². The molecule has 1 aliphatic carbocycles. The number of anilines is 1. The van der Waals surface area contributed by atoms with Crippen LogP contribution in [0.3, 0.4) is 0 Å². The van der Waals surface area contributed by atoms with Crippen molar-refractivity contribution in [2.75, 3.05) is 18.4 Å². The van der Waals surface area contributed by atoms with E-state index in [0.717, 1.165) is 25.7 Å². The standard InChI is InChI=1S/C21H28N2O4/c1-21(20(26)27)11-6-12-23(14-21)19(25)16-9-5-10-17(13-16)22-18(24)15-7-3-2-4-8-15/h5,9-10,13,15H,2-4,6-8,11-12,14H2,1H3,(H,22,24)(H,26,27). The molecule has 2 aliphatic rings. The molecule has 1 aliphatic heterocycles. The van der Waals surface area contributed by atoms with Gasteiger partial charge in [0.2, 0.25) is 5.91 Å². The summed E-state index contributed by atoms with van der Waals surface area (Å²) in [5.74, 6) is -0.975. The lowest BCUT2D eigenvalue weighted by molar-refractivity contribution is -0.150. The lowest BCUT2D eigenvalue weighted by Gasteiger charge is -2.37. The fraction of sp³-hybridized carbons (Fsp3) is 0.571. The van der Waals surface area contributed by atoms with Crippen molar-refractivity contribution in [3.05, 3.63) is 29.8 Å². The Labute approximate surface area is 159 Å². The van der Waals surface area contributed by atoms with E-state index in [1.165, 1.54) is 6.42 Å². The van der Waals surface area contributed by atoms with Gasteiger partial charge in [0.15, 0.2) is 0 Å². The van der Waals surface area contributed by atoms with E-state index in [0.29, 0.717) is 30.6 Å². The first-order chi connectivity index (χ1) is 12.9. The average Bonchev–Trinajstić information content (AvgIpc) is 2.68. The van der Waals surface area contributed by atoms with E-state index in [2.05, 4.69) is 5.32 Å². The van der Waals surface area contributed by atoms with Crippen molar-refractivity contribution < 1.29 is 19.5 Å². The van der Waals surface area contributed by atoms with Gasteiger partial charge in [0, 0.05) is 30.3 Å². The fourth-order valence-corrected chi connectivity index (χ4v) is 4.11. The Morgan fingerprint density at radius 1 is 1.15 bits per heavy atom. The molecule has 2 fully saturated rings. The molecule has 1 saturated carbocycles. The van der Waals surface area contributed by atoms with Crippen molar-refractivity contribution >= 4 is 23.5 Å². The first-order valence-corrected chi connectivity index (χ1v) is 9.83. The summed E-state index contributed by atoms with van der Waals surface area (Å²) in [5.41, 5.74) is 0.196. The quantitative estimate of drug-likeness (QED) is 0.846. The summed E-state index contributed by atoms with van der Waals surface area (Å²) in [6, 6.07) is 6.94. The van der Waals surface area contributed by atoms with Crippen LogP contribution in [0.25, 0.3) is 0 Å². The van der Waals surface area contributed by atoms with E-state index in [1.807, 2.05) is 0 Å². The number of carboxylic acid groups (broad SMARTS) is 1. The molecule has 1 saturated heterocycles. The molecule has 146 valence electrons. The lowest BCUT2D eigenvalue weighted by Crippen LogP contribution is -2.48. The maximum absolute atomic E-state index is 12.9. The van der Waals surface area contributed by atoms with Crippen LogP contribution in [-0.4, -0.2) is 40.9 Å². The average molecular weight is 372 g/mol. The highest BCUT2D eigenvalue weighted by Crippen LogP contribution is 2.31. The Morgan fingerprint density at radius 3 is 2.59 bits per heavy atom. The third-order valence-corrected chi connectivity index (χ3v) is 5.85. The number of carbonyl (C=O) groups is 3. The van der Waals surface area contributed by atoms with E-state index in [-0.39, 0.29) is 24.3 Å². The van der Waals surface area contributed by atoms with E-state index in [4.69, 9.17) is 0 Å². The van der Waals surface area contributed by atoms with Gasteiger partial charge in [0.25, 0.3) is 5.91 Å². The summed E-state index contributed by atoms with van der Waals surface area (Å²) in [6.45, 7) is 2.45. The molecule has 1 aromatic rings. The van der Waals surface area contributed by atoms with Crippen LogP contribution in [0.15, 0.2) is 24.3 Å². The number of hydrogen-bond donors (Lipinski definition) is 2. The van der Waals surface area contributed by atoms with Gasteiger partial charge in [-0.1, -0.05) is 25.3 Å². The van der Waals surface area contributed by atoms with E-state index in [1.54, 1.807) is 36.1 Å². The molecule has 1 heterocycles. The van der Waals surface area contributed by atoms with Crippen LogP contribution in [-0.2, 0) is 9.59 Å². The van der Waals surface area contributed by atoms with Gasteiger partial charge in [-0.15, -0.1) is 0 Å². The van der Waals surface area contributed by atoms with Crippen LogP contribution in [0.4, 0.5) is 5.69 Å². The highest BCUT2D eigenvalue weighted by Gasteiger charge is 2.39. The van der Waals surface area contributed by atoms with Crippen molar-refractivity contribution in [2.24, 2.45) is 11.3 Å². The summed E-state index contributed by atoms with van der Waals surface area (Å²) >= 11 is 0. The Kier molecular flexibility index (Phi) is 5.82. The van der Waals surface area contributed by atoms with Crippen molar-refractivity contribution in [1.29, 1.82) is 0 Å². The zero-order valence-corrected chi connectivity index (χ0v) is 15.9. The maximum Gasteiger partial charge on any atom is 0.311 e. The number of carbonyl (C=O) groups excluding carboxylic acids is 2. The Balaban J connectivity index is 1.68. The first kappa shape index (κ1) is 19.4. The van der Waals surface area contributed by atoms with Gasteiger partial charge in [-0.3, -0.25) is 14.4 Å². The van der Waals surface area contributed by atoms with Crippen LogP contribution in [0, 0.1) is 11.3 Å². The normalized spacial score (nSPS) is 23.7. The van der Waals surface area contributed by atoms with Gasteiger partial charge in [-0.2, -0.15) is 0 Å². The molecule has 2 amide bonds. The summed E-state index contributed by atoms with van der Waals surface area (Å²) in [5, 5.41) is 12.4. The number of benzene rings is 1. The van der Waals surface area contributed by atoms with Crippen molar-refractivity contribution in [3.8, 4) is 0 Å². The molecule has 27 heavy (non-hydrogen) atoms. The molecule has 0 bridgehead atoms. The van der Waals surface area contributed by atoms with Crippen molar-refractivity contribution in [3.63, 3.8) is 0 Å². The third kappa shape index (κ3) is 4.49. The zero-order chi connectivity index (χ0) is 19.4. The van der Waals surface area contributed by atoms with E-state index < -0.39 is 11.4 Å². The fourth-order valence-electron chi connectivity index (χ4n) is 4.11. The van der Waals surface area contributed by atoms with Crippen LogP contribution in [0.1, 0.15) is 62.2 Å². The first-order valence-electron chi connectivity index (χ1n) is 9.83. The van der Waals surface area contributed by atoms with Crippen molar-refractivity contribution in [1.82, 2.24) is 4.90 Å².